The Bertz CT molecular complexity index is 3370. The molecule has 0 bridgehead atoms. The number of para-hydroxylation sites is 6. The molecular formula is C48H28N4. The van der Waals surface area contributed by atoms with Gasteiger partial charge in [-0.15, -0.1) is 0 Å². The van der Waals surface area contributed by atoms with Crippen molar-refractivity contribution in [1.29, 1.82) is 0 Å². The van der Waals surface area contributed by atoms with Crippen LogP contribution in [0.2, 0.25) is 0 Å². The van der Waals surface area contributed by atoms with E-state index < -0.39 is 0 Å². The van der Waals surface area contributed by atoms with Crippen molar-refractivity contribution >= 4 is 98.3 Å². The largest absolute Gasteiger partial charge is 0.307 e. The molecule has 240 valence electrons. The minimum atomic E-state index is 1.17. The molecule has 0 aliphatic heterocycles. The summed E-state index contributed by atoms with van der Waals surface area (Å²) in [5.74, 6) is 0. The predicted octanol–water partition coefficient (Wildman–Crippen LogP) is 12.4. The fraction of sp³-hybridized carbons (Fsp3) is 0. The highest BCUT2D eigenvalue weighted by Gasteiger charge is 2.26. The fourth-order valence-corrected chi connectivity index (χ4v) is 9.69. The maximum absolute atomic E-state index is 2.58. The topological polar surface area (TPSA) is 18.7 Å². The molecule has 13 aromatic rings. The highest BCUT2D eigenvalue weighted by Crippen LogP contribution is 2.46. The van der Waals surface area contributed by atoms with Crippen LogP contribution in [0.5, 0.6) is 0 Å². The third-order valence-electron chi connectivity index (χ3n) is 11.6. The molecule has 0 N–H and O–H groups in total. The molecule has 13 rings (SSSR count). The Morgan fingerprint density at radius 2 is 0.538 bits per heavy atom. The molecule has 8 aromatic carbocycles. The Morgan fingerprint density at radius 1 is 0.212 bits per heavy atom. The van der Waals surface area contributed by atoms with Crippen molar-refractivity contribution in [1.82, 2.24) is 17.9 Å². The Balaban J connectivity index is 1.33. The van der Waals surface area contributed by atoms with Crippen molar-refractivity contribution < 1.29 is 0 Å². The van der Waals surface area contributed by atoms with E-state index in [1.807, 2.05) is 0 Å². The molecule has 0 spiro atoms. The van der Waals surface area contributed by atoms with Crippen LogP contribution in [0.4, 0.5) is 0 Å². The molecule has 0 aliphatic carbocycles. The summed E-state index contributed by atoms with van der Waals surface area (Å²) in [6, 6.07) is 62.5. The number of benzene rings is 8. The molecule has 4 nitrogen and oxygen atoms in total. The number of fused-ring (bicyclic) bond motifs is 16. The Kier molecular flexibility index (Phi) is 4.83. The number of hydrogen-bond donors (Lipinski definition) is 0. The molecule has 5 aromatic heterocycles. The van der Waals surface area contributed by atoms with Crippen LogP contribution in [0.15, 0.2) is 170 Å². The van der Waals surface area contributed by atoms with Gasteiger partial charge in [-0.2, -0.15) is 0 Å². The summed E-state index contributed by atoms with van der Waals surface area (Å²) >= 11 is 0. The summed E-state index contributed by atoms with van der Waals surface area (Å²) in [4.78, 5) is 0. The number of hydrogen-bond acceptors (Lipinski definition) is 0. The van der Waals surface area contributed by atoms with Gasteiger partial charge in [0.1, 0.15) is 0 Å². The summed E-state index contributed by atoms with van der Waals surface area (Å²) in [6.45, 7) is 0. The molecule has 0 atom stereocenters. The van der Waals surface area contributed by atoms with E-state index in [4.69, 9.17) is 0 Å². The summed E-state index contributed by atoms with van der Waals surface area (Å²) in [5.41, 5.74) is 14.6. The Hall–Kier alpha value is -7.04. The van der Waals surface area contributed by atoms with Crippen molar-refractivity contribution in [3.8, 4) is 11.4 Å². The van der Waals surface area contributed by atoms with E-state index in [1.54, 1.807) is 0 Å². The van der Waals surface area contributed by atoms with E-state index in [1.165, 1.54) is 110 Å². The minimum Gasteiger partial charge on any atom is -0.307 e. The van der Waals surface area contributed by atoms with Crippen LogP contribution in [0.3, 0.4) is 0 Å². The molecule has 0 saturated carbocycles. The summed E-state index contributed by atoms with van der Waals surface area (Å²) < 4.78 is 10.1. The SMILES string of the molecule is c1ccc(-n2c3ccccc3c3ccc4c5cccc6c5n(c5cccc7c8ccc9c%10ccccc%10n(-c%10ccccc%10)c9c8n6c75)c4c32)cc1. The van der Waals surface area contributed by atoms with Crippen LogP contribution < -0.4 is 0 Å². The molecule has 0 aliphatic rings. The van der Waals surface area contributed by atoms with Gasteiger partial charge in [0.25, 0.3) is 0 Å². The average molecular weight is 661 g/mol. The van der Waals surface area contributed by atoms with Crippen molar-refractivity contribution in [2.45, 2.75) is 0 Å². The molecule has 0 amide bonds. The third-order valence-corrected chi connectivity index (χ3v) is 11.6. The second-order valence-electron chi connectivity index (χ2n) is 14.1. The zero-order valence-corrected chi connectivity index (χ0v) is 28.0. The zero-order valence-electron chi connectivity index (χ0n) is 28.0. The first-order chi connectivity index (χ1) is 25.9. The standard InChI is InChI=1S/C48H28N4/c1-3-13-29(14-4-1)49-39-21-9-7-17-31(39)35-25-27-37-33-19-11-24-42-43(33)51(47(37)45(35)49)41-23-12-20-34-38-28-26-36-32-18-8-10-22-40(32)50(30-15-5-2-6-16-30)46(36)48(38)52(42)44(34)41/h1-28H. The van der Waals surface area contributed by atoms with Gasteiger partial charge in [-0.3, -0.25) is 0 Å². The van der Waals surface area contributed by atoms with Crippen LogP contribution in [0.25, 0.3) is 110 Å². The Labute approximate surface area is 296 Å². The highest BCUT2D eigenvalue weighted by molar-refractivity contribution is 6.30. The summed E-state index contributed by atoms with van der Waals surface area (Å²) in [5, 5.41) is 10.1. The molecule has 52 heavy (non-hydrogen) atoms. The van der Waals surface area contributed by atoms with E-state index in [2.05, 4.69) is 188 Å². The van der Waals surface area contributed by atoms with Gasteiger partial charge in [0.05, 0.1) is 55.2 Å². The lowest BCUT2D eigenvalue weighted by Gasteiger charge is -2.14. The molecular weight excluding hydrogens is 633 g/mol. The van der Waals surface area contributed by atoms with E-state index in [9.17, 15) is 0 Å². The van der Waals surface area contributed by atoms with Crippen molar-refractivity contribution in [3.05, 3.63) is 170 Å². The summed E-state index contributed by atoms with van der Waals surface area (Å²) in [6.07, 6.45) is 0. The van der Waals surface area contributed by atoms with E-state index >= 15 is 0 Å². The highest BCUT2D eigenvalue weighted by atomic mass is 15.1. The maximum Gasteiger partial charge on any atom is 0.0790 e. The molecule has 0 radical (unpaired) electrons. The van der Waals surface area contributed by atoms with Gasteiger partial charge >= 0.3 is 0 Å². The molecule has 4 heteroatoms. The lowest BCUT2D eigenvalue weighted by atomic mass is 10.1. The molecule has 5 heterocycles. The number of aromatic nitrogens is 4. The summed E-state index contributed by atoms with van der Waals surface area (Å²) in [7, 11) is 0. The van der Waals surface area contributed by atoms with E-state index in [0.29, 0.717) is 0 Å². The van der Waals surface area contributed by atoms with Crippen LogP contribution >= 0.6 is 0 Å². The first-order valence-electron chi connectivity index (χ1n) is 18.0. The monoisotopic (exact) mass is 660 g/mol. The van der Waals surface area contributed by atoms with Gasteiger partial charge in [0.15, 0.2) is 0 Å². The number of rotatable bonds is 2. The smallest absolute Gasteiger partial charge is 0.0790 e. The van der Waals surface area contributed by atoms with Gasteiger partial charge in [0, 0.05) is 54.5 Å². The minimum absolute atomic E-state index is 1.17. The predicted molar refractivity (Wildman–Crippen MR) is 218 cm³/mol. The fourth-order valence-electron chi connectivity index (χ4n) is 9.69. The lowest BCUT2D eigenvalue weighted by molar-refractivity contribution is 1.17. The van der Waals surface area contributed by atoms with Crippen LogP contribution in [-0.4, -0.2) is 17.9 Å². The van der Waals surface area contributed by atoms with E-state index in [-0.39, 0.29) is 0 Å². The van der Waals surface area contributed by atoms with E-state index in [0.717, 1.165) is 0 Å². The normalized spacial score (nSPS) is 12.6. The molecule has 0 unspecified atom stereocenters. The van der Waals surface area contributed by atoms with Gasteiger partial charge in [0.2, 0.25) is 0 Å². The first kappa shape index (κ1) is 26.8. The second-order valence-corrected chi connectivity index (χ2v) is 14.1. The number of nitrogens with zero attached hydrogens (tertiary/aromatic N) is 4. The lowest BCUT2D eigenvalue weighted by Crippen LogP contribution is -2.00. The van der Waals surface area contributed by atoms with Gasteiger partial charge < -0.3 is 17.9 Å². The van der Waals surface area contributed by atoms with Gasteiger partial charge in [-0.05, 0) is 48.5 Å². The van der Waals surface area contributed by atoms with Crippen molar-refractivity contribution in [2.75, 3.05) is 0 Å². The van der Waals surface area contributed by atoms with Crippen molar-refractivity contribution in [2.24, 2.45) is 0 Å². The van der Waals surface area contributed by atoms with Crippen LogP contribution in [0, 0.1) is 0 Å². The van der Waals surface area contributed by atoms with Gasteiger partial charge in [-0.25, -0.2) is 0 Å². The van der Waals surface area contributed by atoms with Crippen LogP contribution in [0.1, 0.15) is 0 Å². The molecule has 0 saturated heterocycles. The molecule has 0 fully saturated rings. The third kappa shape index (κ3) is 3.07. The quantitative estimate of drug-likeness (QED) is 0.164. The second kappa shape index (κ2) is 9.39. The van der Waals surface area contributed by atoms with Crippen molar-refractivity contribution in [3.63, 3.8) is 0 Å². The maximum atomic E-state index is 2.58. The van der Waals surface area contributed by atoms with Crippen LogP contribution in [-0.2, 0) is 0 Å². The average Bonchev–Trinajstić information content (AvgIpc) is 3.94. The Morgan fingerprint density at radius 3 is 0.981 bits per heavy atom. The first-order valence-corrected chi connectivity index (χ1v) is 18.0. The van der Waals surface area contributed by atoms with Gasteiger partial charge in [-0.1, -0.05) is 121 Å². The zero-order chi connectivity index (χ0) is 33.7.